The van der Waals surface area contributed by atoms with E-state index >= 15 is 0 Å². The van der Waals surface area contributed by atoms with Gasteiger partial charge in [-0.05, 0) is 82.3 Å². The first kappa shape index (κ1) is 27.8. The molecule has 9 heteroatoms. The Morgan fingerprint density at radius 1 is 1.08 bits per heavy atom. The molecule has 2 aromatic rings. The number of esters is 1. The number of nitrogens with one attached hydrogen (secondary N) is 1. The third kappa shape index (κ3) is 6.23. The lowest BCUT2D eigenvalue weighted by molar-refractivity contribution is 0.0501. The monoisotopic (exact) mass is 541 g/mol. The molecule has 2 aromatic carbocycles. The van der Waals surface area contributed by atoms with E-state index in [9.17, 15) is 14.4 Å². The first-order chi connectivity index (χ1) is 18.0. The Labute approximate surface area is 229 Å². The lowest BCUT2D eigenvalue weighted by atomic mass is 9.68. The number of nitrogens with zero attached hydrogens (tertiary/aromatic N) is 2. The standard InChI is InChI=1S/C29H36ClN3O5/c1-28(2,3)38-26(35)31-19-29(21-8-6-9-22(30)18-21)13-11-23(12-14-29)32-15-16-33(27(32)36)24-10-5-7-20(17-24)25(34)37-4/h5-10,17-18,23H,11-16,19H2,1-4H3,(H,31,35). The molecule has 2 aliphatic rings. The molecule has 0 radical (unpaired) electrons. The van der Waals surface area contributed by atoms with Crippen molar-refractivity contribution >= 4 is 35.4 Å². The van der Waals surface area contributed by atoms with Crippen LogP contribution < -0.4 is 10.2 Å². The molecule has 4 rings (SSSR count). The van der Waals surface area contributed by atoms with E-state index < -0.39 is 17.7 Å². The minimum atomic E-state index is -0.580. The molecule has 0 bridgehead atoms. The van der Waals surface area contributed by atoms with Gasteiger partial charge in [0.1, 0.15) is 5.60 Å². The number of halogens is 1. The highest BCUT2D eigenvalue weighted by molar-refractivity contribution is 6.30. The van der Waals surface area contributed by atoms with Gasteiger partial charge in [-0.2, -0.15) is 0 Å². The number of rotatable bonds is 6. The van der Waals surface area contributed by atoms with Gasteiger partial charge in [-0.25, -0.2) is 14.4 Å². The minimum absolute atomic E-state index is 0.0563. The summed E-state index contributed by atoms with van der Waals surface area (Å²) in [6.07, 6.45) is 2.72. The Morgan fingerprint density at radius 2 is 1.79 bits per heavy atom. The molecule has 2 fully saturated rings. The maximum atomic E-state index is 13.4. The molecule has 0 atom stereocenters. The zero-order chi connectivity index (χ0) is 27.5. The molecule has 38 heavy (non-hydrogen) atoms. The summed E-state index contributed by atoms with van der Waals surface area (Å²) >= 11 is 6.34. The molecule has 1 N–H and O–H groups in total. The molecule has 0 aromatic heterocycles. The Morgan fingerprint density at radius 3 is 2.45 bits per heavy atom. The first-order valence-corrected chi connectivity index (χ1v) is 13.4. The summed E-state index contributed by atoms with van der Waals surface area (Å²) in [5, 5.41) is 3.63. The number of hydrogen-bond acceptors (Lipinski definition) is 5. The van der Waals surface area contributed by atoms with Crippen molar-refractivity contribution in [3.63, 3.8) is 0 Å². The van der Waals surface area contributed by atoms with Crippen molar-refractivity contribution in [2.45, 2.75) is 63.5 Å². The highest BCUT2D eigenvalue weighted by Gasteiger charge is 2.42. The lowest BCUT2D eigenvalue weighted by Gasteiger charge is -2.43. The van der Waals surface area contributed by atoms with Gasteiger partial charge in [0.05, 0.1) is 12.7 Å². The first-order valence-electron chi connectivity index (χ1n) is 13.0. The Hall–Kier alpha value is -3.26. The maximum Gasteiger partial charge on any atom is 0.407 e. The fourth-order valence-electron chi connectivity index (χ4n) is 5.46. The molecule has 1 aliphatic heterocycles. The van der Waals surface area contributed by atoms with Crippen molar-refractivity contribution in [3.05, 3.63) is 64.7 Å². The van der Waals surface area contributed by atoms with Gasteiger partial charge >= 0.3 is 18.1 Å². The average Bonchev–Trinajstić information content (AvgIpc) is 3.27. The lowest BCUT2D eigenvalue weighted by Crippen LogP contribution is -2.49. The minimum Gasteiger partial charge on any atom is -0.465 e. The fraction of sp³-hybridized carbons (Fsp3) is 0.483. The van der Waals surface area contributed by atoms with Gasteiger partial charge in [-0.15, -0.1) is 0 Å². The maximum absolute atomic E-state index is 13.4. The van der Waals surface area contributed by atoms with Crippen molar-refractivity contribution in [3.8, 4) is 0 Å². The van der Waals surface area contributed by atoms with Crippen LogP contribution in [0, 0.1) is 0 Å². The molecule has 1 saturated heterocycles. The van der Waals surface area contributed by atoms with E-state index in [0.717, 1.165) is 31.2 Å². The van der Waals surface area contributed by atoms with Gasteiger partial charge in [-0.3, -0.25) is 4.90 Å². The van der Waals surface area contributed by atoms with Gasteiger partial charge in [0.15, 0.2) is 0 Å². The molecular formula is C29H36ClN3O5. The number of anilines is 1. The summed E-state index contributed by atoms with van der Waals surface area (Å²) in [7, 11) is 1.34. The van der Waals surface area contributed by atoms with Gasteiger partial charge in [-0.1, -0.05) is 29.8 Å². The van der Waals surface area contributed by atoms with Gasteiger partial charge < -0.3 is 19.7 Å². The number of carbonyl (C=O) groups is 3. The van der Waals surface area contributed by atoms with Crippen LogP contribution in [0.5, 0.6) is 0 Å². The van der Waals surface area contributed by atoms with E-state index in [1.807, 2.05) is 49.9 Å². The van der Waals surface area contributed by atoms with E-state index in [2.05, 4.69) is 11.4 Å². The van der Waals surface area contributed by atoms with Gasteiger partial charge in [0.2, 0.25) is 0 Å². The number of urea groups is 1. The second-order valence-electron chi connectivity index (χ2n) is 11.0. The summed E-state index contributed by atoms with van der Waals surface area (Å²) in [4.78, 5) is 41.5. The van der Waals surface area contributed by atoms with Crippen LogP contribution in [0.15, 0.2) is 48.5 Å². The summed E-state index contributed by atoms with van der Waals surface area (Å²) in [6, 6.07) is 14.8. The summed E-state index contributed by atoms with van der Waals surface area (Å²) in [5.41, 5.74) is 1.29. The van der Waals surface area contributed by atoms with Crippen LogP contribution in [0.4, 0.5) is 15.3 Å². The average molecular weight is 542 g/mol. The summed E-state index contributed by atoms with van der Waals surface area (Å²) in [5.74, 6) is -0.431. The number of benzene rings is 2. The van der Waals surface area contributed by atoms with E-state index in [0.29, 0.717) is 35.9 Å². The molecule has 1 saturated carbocycles. The number of methoxy groups -OCH3 is 1. The highest BCUT2D eigenvalue weighted by atomic mass is 35.5. The number of ether oxygens (including phenoxy) is 2. The zero-order valence-electron chi connectivity index (χ0n) is 22.5. The number of carbonyl (C=O) groups excluding carboxylic acids is 3. The van der Waals surface area contributed by atoms with E-state index in [-0.39, 0.29) is 17.5 Å². The van der Waals surface area contributed by atoms with Crippen LogP contribution in [0.3, 0.4) is 0 Å². The predicted molar refractivity (Wildman–Crippen MR) is 147 cm³/mol. The number of amides is 3. The Kier molecular flexibility index (Phi) is 8.21. The molecule has 0 spiro atoms. The second kappa shape index (κ2) is 11.2. The molecule has 1 heterocycles. The molecule has 1 aliphatic carbocycles. The largest absolute Gasteiger partial charge is 0.465 e. The number of alkyl carbamates (subject to hydrolysis) is 1. The third-order valence-electron chi connectivity index (χ3n) is 7.38. The second-order valence-corrected chi connectivity index (χ2v) is 11.5. The van der Waals surface area contributed by atoms with Crippen molar-refractivity contribution in [2.24, 2.45) is 0 Å². The molecule has 3 amide bonds. The zero-order valence-corrected chi connectivity index (χ0v) is 23.2. The van der Waals surface area contributed by atoms with Crippen LogP contribution in [0.1, 0.15) is 62.4 Å². The van der Waals surface area contributed by atoms with E-state index in [1.165, 1.54) is 7.11 Å². The summed E-state index contributed by atoms with van der Waals surface area (Å²) in [6.45, 7) is 7.12. The van der Waals surface area contributed by atoms with Gasteiger partial charge in [0.25, 0.3) is 0 Å². The van der Waals surface area contributed by atoms with Crippen LogP contribution in [0.25, 0.3) is 0 Å². The molecular weight excluding hydrogens is 506 g/mol. The smallest absolute Gasteiger partial charge is 0.407 e. The molecule has 0 unspecified atom stereocenters. The third-order valence-corrected chi connectivity index (χ3v) is 7.62. The topological polar surface area (TPSA) is 88.2 Å². The predicted octanol–water partition coefficient (Wildman–Crippen LogP) is 5.77. The van der Waals surface area contributed by atoms with E-state index in [4.69, 9.17) is 21.1 Å². The highest BCUT2D eigenvalue weighted by Crippen LogP contribution is 2.42. The Bertz CT molecular complexity index is 1190. The van der Waals surface area contributed by atoms with Crippen molar-refractivity contribution in [1.82, 2.24) is 10.2 Å². The van der Waals surface area contributed by atoms with Crippen LogP contribution >= 0.6 is 11.6 Å². The summed E-state index contributed by atoms with van der Waals surface area (Å²) < 4.78 is 10.3. The fourth-order valence-corrected chi connectivity index (χ4v) is 5.65. The van der Waals surface area contributed by atoms with Crippen molar-refractivity contribution in [1.29, 1.82) is 0 Å². The van der Waals surface area contributed by atoms with Crippen molar-refractivity contribution in [2.75, 3.05) is 31.6 Å². The van der Waals surface area contributed by atoms with Crippen LogP contribution in [-0.4, -0.2) is 61.4 Å². The Balaban J connectivity index is 1.46. The number of hydrogen-bond donors (Lipinski definition) is 1. The quantitative estimate of drug-likeness (QED) is 0.469. The SMILES string of the molecule is COC(=O)c1cccc(N2CCN(C3CCC(CNC(=O)OC(C)(C)C)(c4cccc(Cl)c4)CC3)C2=O)c1. The van der Waals surface area contributed by atoms with Crippen LogP contribution in [0.2, 0.25) is 5.02 Å². The molecule has 204 valence electrons. The normalized spacial score (nSPS) is 21.8. The van der Waals surface area contributed by atoms with Crippen LogP contribution in [-0.2, 0) is 14.9 Å². The molecule has 8 nitrogen and oxygen atoms in total. The van der Waals surface area contributed by atoms with Gasteiger partial charge in [0, 0.05) is 41.8 Å². The van der Waals surface area contributed by atoms with E-state index in [1.54, 1.807) is 23.1 Å². The van der Waals surface area contributed by atoms with Crippen molar-refractivity contribution < 1.29 is 23.9 Å².